The molecule has 1 rings (SSSR count). The number of hydrogen-bond donors (Lipinski definition) is 0. The Bertz CT molecular complexity index is 63.4. The van der Waals surface area contributed by atoms with Crippen LogP contribution in [0, 0.1) is 0 Å². The van der Waals surface area contributed by atoms with Crippen molar-refractivity contribution in [2.24, 2.45) is 0 Å². The number of ether oxygens (including phenoxy) is 1. The van der Waals surface area contributed by atoms with Gasteiger partial charge in [-0.15, -0.1) is 0 Å². The van der Waals surface area contributed by atoms with Crippen molar-refractivity contribution in [3.8, 4) is 0 Å². The molecule has 50 valence electrons. The van der Waals surface area contributed by atoms with Crippen molar-refractivity contribution in [1.82, 2.24) is 3.11 Å². The van der Waals surface area contributed by atoms with Crippen LogP contribution in [0.1, 0.15) is 0 Å². The van der Waals surface area contributed by atoms with Gasteiger partial charge in [0.25, 0.3) is 0 Å². The molecule has 0 aliphatic carbocycles. The summed E-state index contributed by atoms with van der Waals surface area (Å²) in [6.45, 7) is 4.24. The molecule has 1 fully saturated rings. The van der Waals surface area contributed by atoms with Crippen LogP contribution >= 0.6 is 0 Å². The molecule has 1 aliphatic rings. The van der Waals surface area contributed by atoms with Crippen molar-refractivity contribution in [3.63, 3.8) is 0 Å². The first kappa shape index (κ1) is 6.77. The monoisotopic (exact) mass is 228 g/mol. The van der Waals surface area contributed by atoms with Gasteiger partial charge in [0.2, 0.25) is 0 Å². The van der Waals surface area contributed by atoms with E-state index in [-0.39, 0.29) is 0 Å². The average molecular weight is 228 g/mol. The molecule has 0 unspecified atom stereocenters. The van der Waals surface area contributed by atoms with E-state index in [0.29, 0.717) is 21.5 Å². The van der Waals surface area contributed by atoms with Gasteiger partial charge in [0.15, 0.2) is 0 Å². The zero-order valence-corrected chi connectivity index (χ0v) is 7.22. The maximum absolute atomic E-state index is 5.18. The zero-order chi connectivity index (χ0) is 5.82. The third-order valence-electron chi connectivity index (χ3n) is 1.20. The summed E-state index contributed by atoms with van der Waals surface area (Å²) < 4.78 is 7.68. The van der Waals surface area contributed by atoms with E-state index in [0.717, 1.165) is 13.2 Å². The van der Waals surface area contributed by atoms with Gasteiger partial charge >= 0.3 is 60.6 Å². The fourth-order valence-electron chi connectivity index (χ4n) is 0.710. The van der Waals surface area contributed by atoms with E-state index in [1.807, 2.05) is 0 Å². The molecular formula is C5H11INO-. The molecule has 1 saturated heterocycles. The number of rotatable bonds is 1. The summed E-state index contributed by atoms with van der Waals surface area (Å²) in [5.41, 5.74) is 0. The van der Waals surface area contributed by atoms with Crippen LogP contribution in [0.5, 0.6) is 0 Å². The van der Waals surface area contributed by atoms with Crippen LogP contribution in [0.2, 0.25) is 0 Å². The van der Waals surface area contributed by atoms with Gasteiger partial charge in [0.1, 0.15) is 0 Å². The van der Waals surface area contributed by atoms with Gasteiger partial charge in [-0.25, -0.2) is 0 Å². The topological polar surface area (TPSA) is 12.5 Å². The Morgan fingerprint density at radius 3 is 2.38 bits per heavy atom. The van der Waals surface area contributed by atoms with E-state index in [4.69, 9.17) is 4.74 Å². The molecule has 0 spiro atoms. The molecule has 0 N–H and O–H groups in total. The standard InChI is InChI=1S/C5H11INO/c1-6-7-2-4-8-5-3-7/h2-5H2,1H3/q-1. The quantitative estimate of drug-likeness (QED) is 0.268. The number of alkyl halides is 1. The molecule has 8 heavy (non-hydrogen) atoms. The molecule has 0 amide bonds. The van der Waals surface area contributed by atoms with Crippen LogP contribution in [0.4, 0.5) is 0 Å². The second-order valence-electron chi connectivity index (χ2n) is 1.69. The van der Waals surface area contributed by atoms with Gasteiger partial charge in [-0.3, -0.25) is 0 Å². The fourth-order valence-corrected chi connectivity index (χ4v) is 2.07. The Kier molecular flexibility index (Phi) is 3.07. The molecule has 3 heteroatoms. The molecule has 1 aliphatic heterocycles. The number of morpholine rings is 1. The number of hydrogen-bond acceptors (Lipinski definition) is 2. The SMILES string of the molecule is C[I-]N1CCOCC1. The third kappa shape index (κ3) is 1.87. The first-order valence-electron chi connectivity index (χ1n) is 2.76. The Labute approximate surface area is 60.8 Å². The number of halogens is 1. The molecule has 0 atom stereocenters. The first-order chi connectivity index (χ1) is 3.93. The van der Waals surface area contributed by atoms with E-state index in [9.17, 15) is 0 Å². The Balaban J connectivity index is 2.13. The summed E-state index contributed by atoms with van der Waals surface area (Å²) in [6, 6.07) is 0. The van der Waals surface area contributed by atoms with E-state index in [1.54, 1.807) is 0 Å². The van der Waals surface area contributed by atoms with Crippen molar-refractivity contribution in [2.45, 2.75) is 0 Å². The van der Waals surface area contributed by atoms with Gasteiger partial charge in [-0.05, 0) is 0 Å². The zero-order valence-electron chi connectivity index (χ0n) is 5.06. The van der Waals surface area contributed by atoms with Gasteiger partial charge in [-0.1, -0.05) is 0 Å². The van der Waals surface area contributed by atoms with Crippen LogP contribution in [0.15, 0.2) is 0 Å². The van der Waals surface area contributed by atoms with Gasteiger partial charge < -0.3 is 0 Å². The summed E-state index contributed by atoms with van der Waals surface area (Å²) in [5, 5.41) is 0. The maximum atomic E-state index is 5.18. The molecule has 0 radical (unpaired) electrons. The van der Waals surface area contributed by atoms with Crippen molar-refractivity contribution in [2.75, 3.05) is 31.2 Å². The molecule has 0 aromatic rings. The second-order valence-corrected chi connectivity index (χ2v) is 4.02. The second kappa shape index (κ2) is 3.63. The minimum atomic E-state index is 0.340. The first-order valence-corrected chi connectivity index (χ1v) is 5.88. The normalized spacial score (nSPS) is 24.1. The van der Waals surface area contributed by atoms with Crippen molar-refractivity contribution >= 4 is 0 Å². The minimum absolute atomic E-state index is 0.340. The Hall–Kier alpha value is 0.650. The van der Waals surface area contributed by atoms with E-state index < -0.39 is 0 Å². The van der Waals surface area contributed by atoms with Crippen molar-refractivity contribution in [3.05, 3.63) is 0 Å². The molecule has 2 nitrogen and oxygen atoms in total. The van der Waals surface area contributed by atoms with Crippen molar-refractivity contribution in [1.29, 1.82) is 0 Å². The molecule has 0 aromatic carbocycles. The predicted molar refractivity (Wildman–Crippen MR) is 28.3 cm³/mol. The van der Waals surface area contributed by atoms with Gasteiger partial charge in [0, 0.05) is 0 Å². The summed E-state index contributed by atoms with van der Waals surface area (Å²) >= 11 is 0.340. The Morgan fingerprint density at radius 1 is 1.38 bits per heavy atom. The van der Waals surface area contributed by atoms with Crippen molar-refractivity contribution < 1.29 is 26.2 Å². The molecule has 0 aromatic heterocycles. The van der Waals surface area contributed by atoms with E-state index in [1.165, 1.54) is 13.1 Å². The van der Waals surface area contributed by atoms with Crippen LogP contribution in [-0.2, 0) is 4.74 Å². The van der Waals surface area contributed by atoms with E-state index >= 15 is 0 Å². The van der Waals surface area contributed by atoms with Crippen LogP contribution in [0.3, 0.4) is 0 Å². The van der Waals surface area contributed by atoms with Crippen LogP contribution < -0.4 is 21.5 Å². The third-order valence-corrected chi connectivity index (χ3v) is 3.52. The Morgan fingerprint density at radius 2 is 2.00 bits per heavy atom. The average Bonchev–Trinajstić information content (AvgIpc) is 1.90. The van der Waals surface area contributed by atoms with Gasteiger partial charge in [-0.2, -0.15) is 0 Å². The molecule has 0 bridgehead atoms. The van der Waals surface area contributed by atoms with Crippen LogP contribution in [-0.4, -0.2) is 34.3 Å². The molecular weight excluding hydrogens is 217 g/mol. The van der Waals surface area contributed by atoms with E-state index in [2.05, 4.69) is 8.04 Å². The predicted octanol–water partition coefficient (Wildman–Crippen LogP) is -3.05. The molecule has 0 saturated carbocycles. The summed E-state index contributed by atoms with van der Waals surface area (Å²) in [7, 11) is 0. The fraction of sp³-hybridized carbons (Fsp3) is 1.00. The molecule has 1 heterocycles. The number of nitrogens with zero attached hydrogens (tertiary/aromatic N) is 1. The summed E-state index contributed by atoms with van der Waals surface area (Å²) in [4.78, 5) is 2.30. The van der Waals surface area contributed by atoms with Crippen LogP contribution in [0.25, 0.3) is 0 Å². The summed E-state index contributed by atoms with van der Waals surface area (Å²) in [5.74, 6) is 0. The van der Waals surface area contributed by atoms with Gasteiger partial charge in [0.05, 0.1) is 0 Å². The summed E-state index contributed by atoms with van der Waals surface area (Å²) in [6.07, 6.45) is 0.